The fourth-order valence-corrected chi connectivity index (χ4v) is 7.19. The van der Waals surface area contributed by atoms with Crippen LogP contribution in [0.3, 0.4) is 0 Å². The molecule has 2 saturated heterocycles. The number of piperidine rings is 2. The third kappa shape index (κ3) is 3.26. The van der Waals surface area contributed by atoms with Crippen molar-refractivity contribution in [3.8, 4) is 0 Å². The minimum absolute atomic E-state index is 0.0999. The topological polar surface area (TPSA) is 91.2 Å². The molecule has 2 saturated carbocycles. The van der Waals surface area contributed by atoms with Gasteiger partial charge in [-0.25, -0.2) is 15.0 Å². The number of aliphatic hydroxyl groups excluding tert-OH is 1. The van der Waals surface area contributed by atoms with Crippen molar-refractivity contribution in [3.05, 3.63) is 35.0 Å². The zero-order chi connectivity index (χ0) is 21.2. The van der Waals surface area contributed by atoms with Crippen LogP contribution >= 0.6 is 11.6 Å². The van der Waals surface area contributed by atoms with Gasteiger partial charge in [0.2, 0.25) is 0 Å². The van der Waals surface area contributed by atoms with Gasteiger partial charge in [0.25, 0.3) is 0 Å². The van der Waals surface area contributed by atoms with Crippen LogP contribution in [0.5, 0.6) is 0 Å². The molecule has 2 unspecified atom stereocenters. The minimum Gasteiger partial charge on any atom is -0.394 e. The third-order valence-corrected chi connectivity index (χ3v) is 9.27. The summed E-state index contributed by atoms with van der Waals surface area (Å²) in [5.74, 6) is 3.90. The number of aliphatic hydroxyl groups is 1. The van der Waals surface area contributed by atoms with Gasteiger partial charge >= 0.3 is 0 Å². The molecule has 3 atom stereocenters. The van der Waals surface area contributed by atoms with Gasteiger partial charge in [-0.15, -0.1) is 0 Å². The average Bonchev–Trinajstić information content (AvgIpc) is 3.13. The summed E-state index contributed by atoms with van der Waals surface area (Å²) in [5.41, 5.74) is 1.57. The highest BCUT2D eigenvalue weighted by atomic mass is 35.5. The lowest BCUT2D eigenvalue weighted by Crippen LogP contribution is -2.54. The predicted octanol–water partition coefficient (Wildman–Crippen LogP) is 2.76. The summed E-state index contributed by atoms with van der Waals surface area (Å²) in [5, 5.41) is 14.1. The number of hydrogen-bond acceptors (Lipinski definition) is 7. The molecule has 3 aliphatic heterocycles. The number of fused-ring (bicyclic) bond motifs is 3. The van der Waals surface area contributed by atoms with Gasteiger partial charge in [0.1, 0.15) is 11.6 Å². The first kappa shape index (κ1) is 19.9. The molecule has 2 aliphatic carbocycles. The largest absolute Gasteiger partial charge is 0.394 e. The highest BCUT2D eigenvalue weighted by molar-refractivity contribution is 7.85. The fourth-order valence-electron chi connectivity index (χ4n) is 5.74. The molecule has 0 aromatic carbocycles. The molecule has 2 aromatic heterocycles. The molecule has 31 heavy (non-hydrogen) atoms. The normalized spacial score (nSPS) is 30.3. The highest BCUT2D eigenvalue weighted by Crippen LogP contribution is 2.51. The van der Waals surface area contributed by atoms with Crippen LogP contribution in [0, 0.1) is 11.8 Å². The first-order chi connectivity index (χ1) is 15.0. The number of aromatic nitrogens is 3. The molecule has 0 amide bonds. The highest BCUT2D eigenvalue weighted by Gasteiger charge is 2.49. The first-order valence-electron chi connectivity index (χ1n) is 11.1. The van der Waals surface area contributed by atoms with Crippen molar-refractivity contribution in [1.29, 1.82) is 0 Å². The molecular weight excluding hydrogens is 434 g/mol. The van der Waals surface area contributed by atoms with Gasteiger partial charge < -0.3 is 15.3 Å². The van der Waals surface area contributed by atoms with Crippen LogP contribution in [0.2, 0.25) is 5.02 Å². The van der Waals surface area contributed by atoms with Crippen LogP contribution in [0.15, 0.2) is 23.4 Å². The quantitative estimate of drug-likeness (QED) is 0.710. The Morgan fingerprint density at radius 1 is 1.26 bits per heavy atom. The van der Waals surface area contributed by atoms with E-state index < -0.39 is 10.8 Å². The molecule has 4 fully saturated rings. The van der Waals surface area contributed by atoms with E-state index in [0.29, 0.717) is 28.5 Å². The Morgan fingerprint density at radius 3 is 2.65 bits per heavy atom. The number of halogens is 1. The second-order valence-electron chi connectivity index (χ2n) is 9.47. The van der Waals surface area contributed by atoms with Crippen LogP contribution in [-0.2, 0) is 17.2 Å². The molecule has 7 rings (SSSR count). The average molecular weight is 460 g/mol. The van der Waals surface area contributed by atoms with E-state index in [0.717, 1.165) is 66.7 Å². The molecule has 2 bridgehead atoms. The second kappa shape index (κ2) is 7.39. The van der Waals surface area contributed by atoms with Crippen molar-refractivity contribution in [2.45, 2.75) is 48.5 Å². The number of hydrogen-bond donors (Lipinski definition) is 2. The molecule has 2 aromatic rings. The van der Waals surface area contributed by atoms with E-state index >= 15 is 0 Å². The molecule has 5 heterocycles. The van der Waals surface area contributed by atoms with E-state index in [9.17, 15) is 9.32 Å². The Labute approximate surface area is 189 Å². The van der Waals surface area contributed by atoms with E-state index in [1.54, 1.807) is 12.4 Å². The summed E-state index contributed by atoms with van der Waals surface area (Å²) in [6.45, 7) is 1.95. The Kier molecular flexibility index (Phi) is 4.74. The Balaban J connectivity index is 1.27. The summed E-state index contributed by atoms with van der Waals surface area (Å²) in [7, 11) is -1.02. The van der Waals surface area contributed by atoms with Crippen LogP contribution in [0.4, 0.5) is 11.5 Å². The summed E-state index contributed by atoms with van der Waals surface area (Å²) in [6.07, 6.45) is 8.32. The standard InChI is InChI=1S/C22H26ClN5O2S/c23-15-8-24-21(25-9-15)19-13-6-14(19)11-28(10-13)18-7-17(27-22(12-29)3-1-4-22)20-16(26-18)2-5-31(20)30/h7-9,13-14,19,29H,1-6,10-12H2,(H,26,27)/t13?,14?,19?,31-/m1/s1. The Bertz CT molecular complexity index is 1030. The predicted molar refractivity (Wildman–Crippen MR) is 120 cm³/mol. The van der Waals surface area contributed by atoms with Crippen LogP contribution in [-0.4, -0.2) is 55.3 Å². The van der Waals surface area contributed by atoms with Gasteiger partial charge in [0, 0.05) is 49.6 Å². The van der Waals surface area contributed by atoms with Crippen molar-refractivity contribution >= 4 is 33.9 Å². The number of nitrogens with one attached hydrogen (secondary N) is 1. The van der Waals surface area contributed by atoms with Crippen molar-refractivity contribution < 1.29 is 9.32 Å². The molecule has 7 nitrogen and oxygen atoms in total. The molecule has 9 heteroatoms. The number of aryl methyl sites for hydroxylation is 1. The molecule has 2 N–H and O–H groups in total. The van der Waals surface area contributed by atoms with E-state index in [1.807, 2.05) is 0 Å². The molecular formula is C22H26ClN5O2S. The van der Waals surface area contributed by atoms with Crippen molar-refractivity contribution in [1.82, 2.24) is 15.0 Å². The zero-order valence-electron chi connectivity index (χ0n) is 17.3. The fraction of sp³-hybridized carbons (Fsp3) is 0.591. The molecule has 164 valence electrons. The summed E-state index contributed by atoms with van der Waals surface area (Å²) >= 11 is 5.96. The zero-order valence-corrected chi connectivity index (χ0v) is 18.8. The second-order valence-corrected chi connectivity index (χ2v) is 11.4. The maximum atomic E-state index is 12.7. The van der Waals surface area contributed by atoms with Crippen molar-refractivity contribution in [3.63, 3.8) is 0 Å². The van der Waals surface area contributed by atoms with Crippen LogP contribution < -0.4 is 10.2 Å². The van der Waals surface area contributed by atoms with Gasteiger partial charge in [-0.05, 0) is 37.5 Å². The van der Waals surface area contributed by atoms with Gasteiger partial charge in [-0.1, -0.05) is 11.6 Å². The minimum atomic E-state index is -1.02. The first-order valence-corrected chi connectivity index (χ1v) is 12.8. The van der Waals surface area contributed by atoms with Crippen molar-refractivity contribution in [2.75, 3.05) is 35.7 Å². The number of pyridine rings is 1. The Hall–Kier alpha value is -1.77. The maximum Gasteiger partial charge on any atom is 0.132 e. The SMILES string of the molecule is O=[S@@]1CCc2nc(N3CC4CC(C3)C4c3ncc(Cl)cn3)cc(NC3(CO)CCC3)c21. The van der Waals surface area contributed by atoms with Crippen LogP contribution in [0.1, 0.15) is 43.1 Å². The van der Waals surface area contributed by atoms with Gasteiger partial charge in [-0.2, -0.15) is 0 Å². The lowest BCUT2D eigenvalue weighted by Gasteiger charge is -2.53. The lowest BCUT2D eigenvalue weighted by molar-refractivity contribution is 0.104. The summed E-state index contributed by atoms with van der Waals surface area (Å²) < 4.78 is 12.7. The monoisotopic (exact) mass is 459 g/mol. The summed E-state index contributed by atoms with van der Waals surface area (Å²) in [4.78, 5) is 17.1. The Morgan fingerprint density at radius 2 is 2.00 bits per heavy atom. The lowest BCUT2D eigenvalue weighted by atomic mass is 9.61. The molecule has 0 radical (unpaired) electrons. The number of rotatable bonds is 5. The number of anilines is 2. The van der Waals surface area contributed by atoms with Gasteiger partial charge in [0.15, 0.2) is 0 Å². The smallest absolute Gasteiger partial charge is 0.132 e. The van der Waals surface area contributed by atoms with E-state index in [1.165, 1.54) is 6.42 Å². The van der Waals surface area contributed by atoms with E-state index in [-0.39, 0.29) is 12.1 Å². The molecule has 0 spiro atoms. The molecule has 5 aliphatic rings. The number of nitrogens with zero attached hydrogens (tertiary/aromatic N) is 4. The van der Waals surface area contributed by atoms with Crippen molar-refractivity contribution in [2.24, 2.45) is 11.8 Å². The van der Waals surface area contributed by atoms with Gasteiger partial charge in [0.05, 0.1) is 44.2 Å². The summed E-state index contributed by atoms with van der Waals surface area (Å²) in [6, 6.07) is 2.07. The van der Waals surface area contributed by atoms with Gasteiger partial charge in [-0.3, -0.25) is 4.21 Å². The maximum absolute atomic E-state index is 12.7. The third-order valence-electron chi connectivity index (χ3n) is 7.59. The van der Waals surface area contributed by atoms with E-state index in [4.69, 9.17) is 16.6 Å². The van der Waals surface area contributed by atoms with E-state index in [2.05, 4.69) is 26.3 Å². The van der Waals surface area contributed by atoms with Crippen LogP contribution in [0.25, 0.3) is 0 Å².